The topological polar surface area (TPSA) is 99.3 Å². The maximum absolute atomic E-state index is 15.7. The van der Waals surface area contributed by atoms with E-state index in [1.54, 1.807) is 33.9 Å². The van der Waals surface area contributed by atoms with Crippen molar-refractivity contribution in [3.05, 3.63) is 102 Å². The Morgan fingerprint density at radius 3 is 2.82 bits per heavy atom. The van der Waals surface area contributed by atoms with Crippen LogP contribution >= 0.6 is 0 Å². The van der Waals surface area contributed by atoms with E-state index in [9.17, 15) is 0 Å². The lowest BCUT2D eigenvalue weighted by molar-refractivity contribution is 0.401. The van der Waals surface area contributed by atoms with Crippen LogP contribution in [0.2, 0.25) is 0 Å². The molecule has 0 saturated carbocycles. The summed E-state index contributed by atoms with van der Waals surface area (Å²) < 4.78 is 25.5. The van der Waals surface area contributed by atoms with Crippen LogP contribution in [-0.2, 0) is 24.4 Å². The maximum Gasteiger partial charge on any atom is 0.176 e. The molecule has 0 spiro atoms. The van der Waals surface area contributed by atoms with Crippen LogP contribution in [0.3, 0.4) is 0 Å². The van der Waals surface area contributed by atoms with E-state index in [1.807, 2.05) is 31.5 Å². The fourth-order valence-electron chi connectivity index (χ4n) is 6.21. The van der Waals surface area contributed by atoms with Gasteiger partial charge in [0.25, 0.3) is 0 Å². The van der Waals surface area contributed by atoms with Crippen molar-refractivity contribution in [1.29, 1.82) is 0 Å². The highest BCUT2D eigenvalue weighted by molar-refractivity contribution is 5.85. The number of aromatic amines is 1. The SMILES string of the molecule is Cn1nc2nc1-c1cc(ccn1)Oc1c(F)cc3[nH]ccc3c1Cn1cc(nn1)C(C)(C)CCCC[C@]2(C)C1=CC=[C+]C=C1. The third-order valence-electron chi connectivity index (χ3n) is 8.94. The van der Waals surface area contributed by atoms with Crippen molar-refractivity contribution < 1.29 is 9.13 Å². The Morgan fingerprint density at radius 1 is 1.11 bits per heavy atom. The van der Waals surface area contributed by atoms with E-state index in [2.05, 4.69) is 59.3 Å². The quantitative estimate of drug-likeness (QED) is 0.214. The van der Waals surface area contributed by atoms with Crippen molar-refractivity contribution in [2.24, 2.45) is 7.05 Å². The predicted octanol–water partition coefficient (Wildman–Crippen LogP) is 6.89. The lowest BCUT2D eigenvalue weighted by atomic mass is 9.75. The van der Waals surface area contributed by atoms with Crippen molar-refractivity contribution in [3.63, 3.8) is 0 Å². The zero-order valence-electron chi connectivity index (χ0n) is 25.3. The van der Waals surface area contributed by atoms with Gasteiger partial charge in [-0.1, -0.05) is 31.9 Å². The number of aromatic nitrogens is 8. The number of hydrogen-bond donors (Lipinski definition) is 1. The van der Waals surface area contributed by atoms with Gasteiger partial charge >= 0.3 is 0 Å². The molecule has 4 aromatic heterocycles. The molecule has 6 bridgehead atoms. The molecule has 2 aliphatic rings. The average molecular weight is 590 g/mol. The Hall–Kier alpha value is -4.95. The van der Waals surface area contributed by atoms with Crippen molar-refractivity contribution in [2.75, 3.05) is 0 Å². The van der Waals surface area contributed by atoms with Crippen molar-refractivity contribution in [1.82, 2.24) is 39.7 Å². The van der Waals surface area contributed by atoms with Crippen LogP contribution in [0, 0.1) is 11.9 Å². The Bertz CT molecular complexity index is 1960. The Labute approximate surface area is 255 Å². The summed E-state index contributed by atoms with van der Waals surface area (Å²) in [5.74, 6) is 1.43. The molecule has 0 unspecified atom stereocenters. The molecule has 0 fully saturated rings. The van der Waals surface area contributed by atoms with Gasteiger partial charge in [0, 0.05) is 65.7 Å². The summed E-state index contributed by atoms with van der Waals surface area (Å²) in [5, 5.41) is 14.8. The van der Waals surface area contributed by atoms with Crippen molar-refractivity contribution in [3.8, 4) is 23.0 Å². The molecule has 1 aromatic carbocycles. The molecule has 0 radical (unpaired) electrons. The molecule has 1 N–H and O–H groups in total. The molecule has 0 amide bonds. The highest BCUT2D eigenvalue weighted by Gasteiger charge is 2.38. The number of pyridine rings is 1. The third kappa shape index (κ3) is 4.91. The summed E-state index contributed by atoms with van der Waals surface area (Å²) in [7, 11) is 1.87. The van der Waals surface area contributed by atoms with E-state index in [1.165, 1.54) is 6.07 Å². The van der Waals surface area contributed by atoms with Gasteiger partial charge in [0.05, 0.1) is 35.4 Å². The summed E-state index contributed by atoms with van der Waals surface area (Å²) in [6, 6.07) is 6.87. The Balaban J connectivity index is 1.37. The number of hydrogen-bond acceptors (Lipinski definition) is 6. The number of H-pyrrole nitrogens is 1. The zero-order valence-corrected chi connectivity index (χ0v) is 25.3. The summed E-state index contributed by atoms with van der Waals surface area (Å²) >= 11 is 0. The number of nitrogens with zero attached hydrogens (tertiary/aromatic N) is 7. The summed E-state index contributed by atoms with van der Waals surface area (Å²) in [6.07, 6.45) is 20.4. The molecular weight excluding hydrogens is 555 g/mol. The fourth-order valence-corrected chi connectivity index (χ4v) is 6.21. The number of rotatable bonds is 1. The van der Waals surface area contributed by atoms with Gasteiger partial charge in [0.2, 0.25) is 0 Å². The van der Waals surface area contributed by atoms with Gasteiger partial charge in [-0.3, -0.25) is 4.98 Å². The molecule has 222 valence electrons. The molecular formula is C34H34FN8O+. The van der Waals surface area contributed by atoms with Crippen LogP contribution in [-0.4, -0.2) is 39.7 Å². The molecule has 5 heterocycles. The number of allylic oxidation sites excluding steroid dienone is 6. The second-order valence-electron chi connectivity index (χ2n) is 12.5. The predicted molar refractivity (Wildman–Crippen MR) is 166 cm³/mol. The van der Waals surface area contributed by atoms with Gasteiger partial charge in [-0.25, -0.2) is 18.7 Å². The smallest absolute Gasteiger partial charge is 0.176 e. The first kappa shape index (κ1) is 27.9. The molecule has 5 aromatic rings. The third-order valence-corrected chi connectivity index (χ3v) is 8.94. The minimum Gasteiger partial charge on any atom is -0.454 e. The number of aryl methyl sites for hydroxylation is 1. The molecule has 44 heavy (non-hydrogen) atoms. The highest BCUT2D eigenvalue weighted by atomic mass is 19.1. The van der Waals surface area contributed by atoms with E-state index in [-0.39, 0.29) is 11.2 Å². The van der Waals surface area contributed by atoms with E-state index in [0.29, 0.717) is 34.9 Å². The minimum absolute atomic E-state index is 0.135. The lowest BCUT2D eigenvalue weighted by Crippen LogP contribution is -2.27. The number of ether oxygens (including phenoxy) is 1. The molecule has 7 rings (SSSR count). The average Bonchev–Trinajstić information content (AvgIpc) is 3.78. The number of benzene rings is 1. The summed E-state index contributed by atoms with van der Waals surface area (Å²) in [6.45, 7) is 6.89. The van der Waals surface area contributed by atoms with Gasteiger partial charge in [-0.05, 0) is 31.9 Å². The largest absolute Gasteiger partial charge is 0.454 e. The maximum atomic E-state index is 15.7. The van der Waals surface area contributed by atoms with Crippen LogP contribution < -0.4 is 4.74 Å². The van der Waals surface area contributed by atoms with Crippen LogP contribution in [0.4, 0.5) is 4.39 Å². The van der Waals surface area contributed by atoms with Gasteiger partial charge in [-0.15, -0.1) is 5.10 Å². The fraction of sp³-hybridized carbons (Fsp3) is 0.324. The molecule has 9 nitrogen and oxygen atoms in total. The Morgan fingerprint density at radius 2 is 1.98 bits per heavy atom. The lowest BCUT2D eigenvalue weighted by Gasteiger charge is -2.27. The van der Waals surface area contributed by atoms with E-state index < -0.39 is 11.2 Å². The first-order valence-electron chi connectivity index (χ1n) is 14.9. The molecule has 10 heteroatoms. The van der Waals surface area contributed by atoms with Crippen LogP contribution in [0.15, 0.2) is 72.7 Å². The number of nitrogens with one attached hydrogen (secondary N) is 1. The van der Waals surface area contributed by atoms with E-state index in [4.69, 9.17) is 14.8 Å². The van der Waals surface area contributed by atoms with Crippen LogP contribution in [0.5, 0.6) is 11.5 Å². The van der Waals surface area contributed by atoms with Crippen LogP contribution in [0.25, 0.3) is 22.4 Å². The minimum atomic E-state index is -0.475. The number of fused-ring (bicyclic) bond motifs is 10. The second-order valence-corrected chi connectivity index (χ2v) is 12.5. The first-order chi connectivity index (χ1) is 21.2. The van der Waals surface area contributed by atoms with Gasteiger partial charge < -0.3 is 9.72 Å². The Kier molecular flexibility index (Phi) is 6.74. The van der Waals surface area contributed by atoms with Crippen LogP contribution in [0.1, 0.15) is 63.5 Å². The first-order valence-corrected chi connectivity index (χ1v) is 14.9. The summed E-state index contributed by atoms with van der Waals surface area (Å²) in [5.41, 5.74) is 3.34. The monoisotopic (exact) mass is 589 g/mol. The normalized spacial score (nSPS) is 19.7. The van der Waals surface area contributed by atoms with Crippen molar-refractivity contribution in [2.45, 2.75) is 63.8 Å². The molecule has 1 aliphatic carbocycles. The number of halogens is 1. The molecule has 1 atom stereocenters. The van der Waals surface area contributed by atoms with Gasteiger partial charge in [0.1, 0.15) is 23.6 Å². The van der Waals surface area contributed by atoms with E-state index >= 15 is 4.39 Å². The molecule has 1 aliphatic heterocycles. The van der Waals surface area contributed by atoms with Gasteiger partial charge in [-0.2, -0.15) is 5.10 Å². The molecule has 0 saturated heterocycles. The highest BCUT2D eigenvalue weighted by Crippen LogP contribution is 2.40. The van der Waals surface area contributed by atoms with Crippen molar-refractivity contribution >= 4 is 10.9 Å². The standard InChI is InChI=1S/C34H34FN8O/c1-33(2)14-8-9-15-34(3,22-10-6-5-7-11-22)32-38-31(42(4)40-32)28-18-23(12-16-37-28)44-30-25(20-43-21-29(33)39-41-43)24-13-17-36-27(24)19-26(30)35/h6-7,10-13,16-19,21,36H,8-9,14-15,20H2,1-4H3/q+1/t34-/m1/s1. The van der Waals surface area contributed by atoms with Gasteiger partial charge in [0.15, 0.2) is 23.2 Å². The summed E-state index contributed by atoms with van der Waals surface area (Å²) in [4.78, 5) is 12.8. The second kappa shape index (κ2) is 10.6. The van der Waals surface area contributed by atoms with E-state index in [0.717, 1.165) is 48.2 Å². The zero-order chi connectivity index (χ0) is 30.5.